The molecule has 0 radical (unpaired) electrons. The van der Waals surface area contributed by atoms with E-state index in [2.05, 4.69) is 42.5 Å². The molecular weight excluding hydrogens is 220 g/mol. The molecule has 1 heteroatoms. The summed E-state index contributed by atoms with van der Waals surface area (Å²) in [6.07, 6.45) is 4.04. The minimum Gasteiger partial charge on any atom is -0.303 e. The molecule has 0 saturated heterocycles. The first-order chi connectivity index (χ1) is 8.86. The highest BCUT2D eigenvalue weighted by Crippen LogP contribution is 2.29. The predicted molar refractivity (Wildman–Crippen MR) is 73.5 cm³/mol. The Labute approximate surface area is 107 Å². The van der Waals surface area contributed by atoms with Gasteiger partial charge in [-0.3, -0.25) is 0 Å². The van der Waals surface area contributed by atoms with Crippen LogP contribution in [0.1, 0.15) is 17.5 Å². The van der Waals surface area contributed by atoms with E-state index in [4.69, 9.17) is 0 Å². The number of hydrogen-bond acceptors (Lipinski definition) is 1. The molecule has 3 rings (SSSR count). The largest absolute Gasteiger partial charge is 0.303 e. The molecule has 0 N–H and O–H groups in total. The maximum absolute atomic E-state index is 10.9. The van der Waals surface area contributed by atoms with Crippen molar-refractivity contribution in [2.45, 2.75) is 19.3 Å². The molecule has 2 aromatic rings. The smallest absolute Gasteiger partial charge is 0.123 e. The molecule has 1 aliphatic rings. The van der Waals surface area contributed by atoms with Gasteiger partial charge >= 0.3 is 0 Å². The Morgan fingerprint density at radius 1 is 0.944 bits per heavy atom. The van der Waals surface area contributed by atoms with Crippen LogP contribution in [0.5, 0.6) is 0 Å². The van der Waals surface area contributed by atoms with Crippen molar-refractivity contribution in [2.24, 2.45) is 5.92 Å². The Bertz CT molecular complexity index is 557. The number of aldehydes is 1. The molecule has 2 aromatic carbocycles. The van der Waals surface area contributed by atoms with Crippen molar-refractivity contribution in [2.75, 3.05) is 0 Å². The zero-order valence-corrected chi connectivity index (χ0v) is 10.3. The van der Waals surface area contributed by atoms with Crippen LogP contribution in [0.15, 0.2) is 48.5 Å². The van der Waals surface area contributed by atoms with Crippen LogP contribution in [0, 0.1) is 5.92 Å². The lowest BCUT2D eigenvalue weighted by atomic mass is 9.83. The number of carbonyl (C=O) groups is 1. The summed E-state index contributed by atoms with van der Waals surface area (Å²) in [5.41, 5.74) is 5.30. The normalized spacial score (nSPS) is 18.1. The summed E-state index contributed by atoms with van der Waals surface area (Å²) in [5.74, 6) is 0.222. The third-order valence-electron chi connectivity index (χ3n) is 3.77. The van der Waals surface area contributed by atoms with E-state index in [1.165, 1.54) is 22.3 Å². The number of rotatable bonds is 2. The topological polar surface area (TPSA) is 17.1 Å². The van der Waals surface area contributed by atoms with Gasteiger partial charge in [0.05, 0.1) is 0 Å². The van der Waals surface area contributed by atoms with Crippen LogP contribution in [-0.4, -0.2) is 6.29 Å². The molecule has 0 aliphatic heterocycles. The maximum atomic E-state index is 10.9. The SMILES string of the molecule is O=CC1CCc2cc(-c3ccccc3)ccc2C1. The first-order valence-corrected chi connectivity index (χ1v) is 6.49. The summed E-state index contributed by atoms with van der Waals surface area (Å²) in [6.45, 7) is 0. The Morgan fingerprint density at radius 3 is 2.56 bits per heavy atom. The van der Waals surface area contributed by atoms with Crippen molar-refractivity contribution < 1.29 is 4.79 Å². The molecule has 1 nitrogen and oxygen atoms in total. The summed E-state index contributed by atoms with van der Waals surface area (Å²) in [5, 5.41) is 0. The van der Waals surface area contributed by atoms with E-state index in [1.807, 2.05) is 6.07 Å². The van der Waals surface area contributed by atoms with Crippen molar-refractivity contribution in [3.63, 3.8) is 0 Å². The van der Waals surface area contributed by atoms with Gasteiger partial charge in [0.1, 0.15) is 6.29 Å². The van der Waals surface area contributed by atoms with Crippen LogP contribution >= 0.6 is 0 Å². The fourth-order valence-electron chi connectivity index (χ4n) is 2.71. The number of fused-ring (bicyclic) bond motifs is 1. The van der Waals surface area contributed by atoms with Crippen molar-refractivity contribution in [1.29, 1.82) is 0 Å². The van der Waals surface area contributed by atoms with E-state index >= 15 is 0 Å². The summed E-state index contributed by atoms with van der Waals surface area (Å²) in [6, 6.07) is 17.1. The molecule has 90 valence electrons. The van der Waals surface area contributed by atoms with Gasteiger partial charge in [-0.25, -0.2) is 0 Å². The molecule has 18 heavy (non-hydrogen) atoms. The maximum Gasteiger partial charge on any atom is 0.123 e. The number of aryl methyl sites for hydroxylation is 1. The van der Waals surface area contributed by atoms with Crippen LogP contribution in [0.3, 0.4) is 0 Å². The van der Waals surface area contributed by atoms with Gasteiger partial charge in [-0.05, 0) is 41.5 Å². The fourth-order valence-corrected chi connectivity index (χ4v) is 2.71. The van der Waals surface area contributed by atoms with Gasteiger partial charge in [-0.1, -0.05) is 48.5 Å². The van der Waals surface area contributed by atoms with Crippen molar-refractivity contribution in [1.82, 2.24) is 0 Å². The quantitative estimate of drug-likeness (QED) is 0.727. The van der Waals surface area contributed by atoms with Crippen LogP contribution in [0.4, 0.5) is 0 Å². The van der Waals surface area contributed by atoms with Crippen LogP contribution in [0.2, 0.25) is 0 Å². The third kappa shape index (κ3) is 2.08. The monoisotopic (exact) mass is 236 g/mol. The lowest BCUT2D eigenvalue weighted by Gasteiger charge is -2.21. The predicted octanol–water partition coefficient (Wildman–Crippen LogP) is 3.66. The molecule has 0 bridgehead atoms. The lowest BCUT2D eigenvalue weighted by molar-refractivity contribution is -0.111. The minimum absolute atomic E-state index is 0.222. The van der Waals surface area contributed by atoms with Crippen molar-refractivity contribution in [3.05, 3.63) is 59.7 Å². The van der Waals surface area contributed by atoms with Gasteiger partial charge in [-0.2, -0.15) is 0 Å². The zero-order valence-electron chi connectivity index (χ0n) is 10.3. The van der Waals surface area contributed by atoms with E-state index in [1.54, 1.807) is 0 Å². The molecule has 0 aromatic heterocycles. The molecule has 0 amide bonds. The van der Waals surface area contributed by atoms with E-state index < -0.39 is 0 Å². The summed E-state index contributed by atoms with van der Waals surface area (Å²) < 4.78 is 0. The second-order valence-electron chi connectivity index (χ2n) is 4.99. The van der Waals surface area contributed by atoms with Gasteiger partial charge < -0.3 is 4.79 Å². The Balaban J connectivity index is 1.95. The number of carbonyl (C=O) groups excluding carboxylic acids is 1. The second kappa shape index (κ2) is 4.77. The van der Waals surface area contributed by atoms with Gasteiger partial charge in [0.2, 0.25) is 0 Å². The minimum atomic E-state index is 0.222. The van der Waals surface area contributed by atoms with Crippen LogP contribution in [0.25, 0.3) is 11.1 Å². The molecule has 0 saturated carbocycles. The highest BCUT2D eigenvalue weighted by atomic mass is 16.1. The summed E-state index contributed by atoms with van der Waals surface area (Å²) in [7, 11) is 0. The van der Waals surface area contributed by atoms with E-state index in [0.717, 1.165) is 25.5 Å². The molecule has 1 atom stereocenters. The second-order valence-corrected chi connectivity index (χ2v) is 4.99. The van der Waals surface area contributed by atoms with Crippen molar-refractivity contribution >= 4 is 6.29 Å². The standard InChI is InChI=1S/C17H16O/c18-12-13-6-7-17-11-16(9-8-15(17)10-13)14-4-2-1-3-5-14/h1-5,8-9,11-13H,6-7,10H2. The van der Waals surface area contributed by atoms with Crippen LogP contribution < -0.4 is 0 Å². The van der Waals surface area contributed by atoms with Gasteiger partial charge in [0, 0.05) is 5.92 Å². The van der Waals surface area contributed by atoms with E-state index in [-0.39, 0.29) is 5.92 Å². The molecule has 0 fully saturated rings. The molecular formula is C17H16O. The Kier molecular flexibility index (Phi) is 2.97. The Morgan fingerprint density at radius 2 is 1.78 bits per heavy atom. The van der Waals surface area contributed by atoms with Crippen molar-refractivity contribution in [3.8, 4) is 11.1 Å². The van der Waals surface area contributed by atoms with Gasteiger partial charge in [0.25, 0.3) is 0 Å². The van der Waals surface area contributed by atoms with Gasteiger partial charge in [0.15, 0.2) is 0 Å². The van der Waals surface area contributed by atoms with E-state index in [9.17, 15) is 4.79 Å². The highest BCUT2D eigenvalue weighted by Gasteiger charge is 2.18. The summed E-state index contributed by atoms with van der Waals surface area (Å²) in [4.78, 5) is 10.9. The van der Waals surface area contributed by atoms with Gasteiger partial charge in [-0.15, -0.1) is 0 Å². The first kappa shape index (κ1) is 11.2. The van der Waals surface area contributed by atoms with Crippen LogP contribution in [-0.2, 0) is 17.6 Å². The molecule has 0 spiro atoms. The highest BCUT2D eigenvalue weighted by molar-refractivity contribution is 5.65. The summed E-state index contributed by atoms with van der Waals surface area (Å²) >= 11 is 0. The average Bonchev–Trinajstić information content (AvgIpc) is 2.47. The number of benzene rings is 2. The molecule has 0 heterocycles. The lowest BCUT2D eigenvalue weighted by Crippen LogP contribution is -2.15. The zero-order chi connectivity index (χ0) is 12.4. The average molecular weight is 236 g/mol. The molecule has 1 unspecified atom stereocenters. The molecule has 1 aliphatic carbocycles. The number of hydrogen-bond donors (Lipinski definition) is 0. The fraction of sp³-hybridized carbons (Fsp3) is 0.235. The Hall–Kier alpha value is -1.89. The first-order valence-electron chi connectivity index (χ1n) is 6.49. The third-order valence-corrected chi connectivity index (χ3v) is 3.77. The van der Waals surface area contributed by atoms with E-state index in [0.29, 0.717) is 0 Å².